The molecule has 0 saturated carbocycles. The van der Waals surface area contributed by atoms with E-state index in [1.807, 2.05) is 0 Å². The Kier molecular flexibility index (Phi) is 5.31. The van der Waals surface area contributed by atoms with E-state index in [-0.39, 0.29) is 18.4 Å². The maximum absolute atomic E-state index is 12.5. The summed E-state index contributed by atoms with van der Waals surface area (Å²) < 4.78 is 5.01. The Balaban J connectivity index is 1.74. The van der Waals surface area contributed by atoms with Crippen molar-refractivity contribution in [2.24, 2.45) is 0 Å². The smallest absolute Gasteiger partial charge is 0.340 e. The van der Waals surface area contributed by atoms with Crippen LogP contribution in [0.5, 0.6) is 0 Å². The van der Waals surface area contributed by atoms with Crippen LogP contribution in [0.4, 0.5) is 11.4 Å². The Morgan fingerprint density at radius 1 is 1.12 bits per heavy atom. The molecule has 0 unspecified atom stereocenters. The standard InChI is InChI=1S/C20H20N2O4/c1-2-26-20(25)16-6-3-4-7-17(16)21-19(24)14-9-11-15(12-10-14)22-13-5-8-18(22)23/h3-4,6-7,9-12H,2,5,8,13H2,1H3,(H,21,24). The molecule has 134 valence electrons. The highest BCUT2D eigenvalue weighted by molar-refractivity contribution is 6.08. The Morgan fingerprint density at radius 2 is 1.85 bits per heavy atom. The highest BCUT2D eigenvalue weighted by Gasteiger charge is 2.22. The molecule has 2 amide bonds. The molecule has 1 aliphatic rings. The molecule has 1 fully saturated rings. The highest BCUT2D eigenvalue weighted by Crippen LogP contribution is 2.22. The van der Waals surface area contributed by atoms with E-state index < -0.39 is 5.97 Å². The van der Waals surface area contributed by atoms with Gasteiger partial charge in [-0.2, -0.15) is 0 Å². The first-order valence-corrected chi connectivity index (χ1v) is 8.58. The topological polar surface area (TPSA) is 75.7 Å². The van der Waals surface area contributed by atoms with Gasteiger partial charge in [-0.1, -0.05) is 12.1 Å². The summed E-state index contributed by atoms with van der Waals surface area (Å²) >= 11 is 0. The van der Waals surface area contributed by atoms with Crippen molar-refractivity contribution in [2.45, 2.75) is 19.8 Å². The van der Waals surface area contributed by atoms with Gasteiger partial charge in [0.2, 0.25) is 5.91 Å². The summed E-state index contributed by atoms with van der Waals surface area (Å²) in [5, 5.41) is 2.74. The molecule has 1 aliphatic heterocycles. The Labute approximate surface area is 151 Å². The summed E-state index contributed by atoms with van der Waals surface area (Å²) in [6.07, 6.45) is 1.42. The van der Waals surface area contributed by atoms with E-state index in [2.05, 4.69) is 5.32 Å². The van der Waals surface area contributed by atoms with Gasteiger partial charge < -0.3 is 15.0 Å². The highest BCUT2D eigenvalue weighted by atomic mass is 16.5. The molecule has 0 aliphatic carbocycles. The molecule has 0 aromatic heterocycles. The van der Waals surface area contributed by atoms with Crippen molar-refractivity contribution in [1.29, 1.82) is 0 Å². The Morgan fingerprint density at radius 3 is 2.50 bits per heavy atom. The Bertz CT molecular complexity index is 830. The Hall–Kier alpha value is -3.15. The number of para-hydroxylation sites is 1. The molecule has 0 radical (unpaired) electrons. The average Bonchev–Trinajstić information content (AvgIpc) is 3.08. The van der Waals surface area contributed by atoms with Crippen LogP contribution in [-0.4, -0.2) is 30.9 Å². The number of amides is 2. The molecule has 1 saturated heterocycles. The number of hydrogen-bond donors (Lipinski definition) is 1. The average molecular weight is 352 g/mol. The molecule has 26 heavy (non-hydrogen) atoms. The molecule has 2 aromatic carbocycles. The normalized spacial score (nSPS) is 13.6. The van der Waals surface area contributed by atoms with E-state index in [9.17, 15) is 14.4 Å². The second-order valence-electron chi connectivity index (χ2n) is 5.92. The molecule has 6 nitrogen and oxygen atoms in total. The molecular weight excluding hydrogens is 332 g/mol. The largest absolute Gasteiger partial charge is 0.462 e. The first-order chi connectivity index (χ1) is 12.6. The van der Waals surface area contributed by atoms with Gasteiger partial charge in [0.1, 0.15) is 0 Å². The third-order valence-electron chi connectivity index (χ3n) is 4.19. The second kappa shape index (κ2) is 7.82. The minimum atomic E-state index is -0.480. The van der Waals surface area contributed by atoms with Crippen molar-refractivity contribution in [3.8, 4) is 0 Å². The fourth-order valence-electron chi connectivity index (χ4n) is 2.89. The van der Waals surface area contributed by atoms with E-state index in [1.54, 1.807) is 60.4 Å². The SMILES string of the molecule is CCOC(=O)c1ccccc1NC(=O)c1ccc(N2CCCC2=O)cc1. The first kappa shape index (κ1) is 17.7. The van der Waals surface area contributed by atoms with Crippen molar-refractivity contribution in [1.82, 2.24) is 0 Å². The summed E-state index contributed by atoms with van der Waals surface area (Å²) in [5.74, 6) is -0.710. The van der Waals surface area contributed by atoms with Crippen LogP contribution in [0.15, 0.2) is 48.5 Å². The molecule has 2 aromatic rings. The van der Waals surface area contributed by atoms with Crippen molar-refractivity contribution in [3.05, 3.63) is 59.7 Å². The number of hydrogen-bond acceptors (Lipinski definition) is 4. The van der Waals surface area contributed by atoms with Gasteiger partial charge in [-0.15, -0.1) is 0 Å². The van der Waals surface area contributed by atoms with Crippen LogP contribution in [0.3, 0.4) is 0 Å². The molecule has 3 rings (SSSR count). The van der Waals surface area contributed by atoms with Crippen LogP contribution in [-0.2, 0) is 9.53 Å². The molecule has 6 heteroatoms. The van der Waals surface area contributed by atoms with Crippen molar-refractivity contribution in [3.63, 3.8) is 0 Å². The van der Waals surface area contributed by atoms with E-state index in [0.717, 1.165) is 12.1 Å². The first-order valence-electron chi connectivity index (χ1n) is 8.58. The lowest BCUT2D eigenvalue weighted by molar-refractivity contribution is -0.117. The fourth-order valence-corrected chi connectivity index (χ4v) is 2.89. The van der Waals surface area contributed by atoms with Gasteiger partial charge in [0.25, 0.3) is 5.91 Å². The fraction of sp³-hybridized carbons (Fsp3) is 0.250. The number of carbonyl (C=O) groups excluding carboxylic acids is 3. The number of nitrogens with one attached hydrogen (secondary N) is 1. The molecule has 0 bridgehead atoms. The summed E-state index contributed by atoms with van der Waals surface area (Å²) in [6.45, 7) is 2.70. The summed E-state index contributed by atoms with van der Waals surface area (Å²) in [7, 11) is 0. The van der Waals surface area contributed by atoms with Crippen LogP contribution < -0.4 is 10.2 Å². The second-order valence-corrected chi connectivity index (χ2v) is 5.92. The zero-order valence-corrected chi connectivity index (χ0v) is 14.5. The van der Waals surface area contributed by atoms with Crippen LogP contribution >= 0.6 is 0 Å². The third-order valence-corrected chi connectivity index (χ3v) is 4.19. The summed E-state index contributed by atoms with van der Waals surface area (Å²) in [6, 6.07) is 13.6. The van der Waals surface area contributed by atoms with Gasteiger partial charge >= 0.3 is 5.97 Å². The van der Waals surface area contributed by atoms with Crippen molar-refractivity contribution < 1.29 is 19.1 Å². The molecule has 0 atom stereocenters. The molecule has 0 spiro atoms. The minimum Gasteiger partial charge on any atom is -0.462 e. The number of rotatable bonds is 5. The van der Waals surface area contributed by atoms with Gasteiger partial charge in [0, 0.05) is 24.2 Å². The lowest BCUT2D eigenvalue weighted by atomic mass is 10.1. The lowest BCUT2D eigenvalue weighted by Gasteiger charge is -2.16. The maximum atomic E-state index is 12.5. The van der Waals surface area contributed by atoms with E-state index >= 15 is 0 Å². The van der Waals surface area contributed by atoms with Crippen LogP contribution in [0.1, 0.15) is 40.5 Å². The predicted molar refractivity (Wildman–Crippen MR) is 98.4 cm³/mol. The number of carbonyl (C=O) groups is 3. The maximum Gasteiger partial charge on any atom is 0.340 e. The van der Waals surface area contributed by atoms with Crippen LogP contribution in [0.25, 0.3) is 0 Å². The van der Waals surface area contributed by atoms with Gasteiger partial charge in [0.15, 0.2) is 0 Å². The van der Waals surface area contributed by atoms with Crippen LogP contribution in [0, 0.1) is 0 Å². The molecular formula is C20H20N2O4. The van der Waals surface area contributed by atoms with Gasteiger partial charge in [0.05, 0.1) is 17.9 Å². The quantitative estimate of drug-likeness (QED) is 0.838. The van der Waals surface area contributed by atoms with Crippen molar-refractivity contribution in [2.75, 3.05) is 23.4 Å². The number of ether oxygens (including phenoxy) is 1. The molecule has 1 heterocycles. The van der Waals surface area contributed by atoms with Gasteiger partial charge in [-0.25, -0.2) is 4.79 Å². The lowest BCUT2D eigenvalue weighted by Crippen LogP contribution is -2.23. The zero-order chi connectivity index (χ0) is 18.5. The molecule has 1 N–H and O–H groups in total. The van der Waals surface area contributed by atoms with E-state index in [0.29, 0.717) is 29.8 Å². The van der Waals surface area contributed by atoms with Gasteiger partial charge in [-0.3, -0.25) is 9.59 Å². The number of benzene rings is 2. The monoisotopic (exact) mass is 352 g/mol. The number of anilines is 2. The zero-order valence-electron chi connectivity index (χ0n) is 14.5. The summed E-state index contributed by atoms with van der Waals surface area (Å²) in [4.78, 5) is 38.0. The summed E-state index contributed by atoms with van der Waals surface area (Å²) in [5.41, 5.74) is 1.94. The minimum absolute atomic E-state index is 0.102. The van der Waals surface area contributed by atoms with Gasteiger partial charge in [-0.05, 0) is 49.7 Å². The van der Waals surface area contributed by atoms with Crippen LogP contribution in [0.2, 0.25) is 0 Å². The van der Waals surface area contributed by atoms with Crippen molar-refractivity contribution >= 4 is 29.2 Å². The van der Waals surface area contributed by atoms with E-state index in [1.165, 1.54) is 0 Å². The number of nitrogens with zero attached hydrogens (tertiary/aromatic N) is 1. The van der Waals surface area contributed by atoms with E-state index in [4.69, 9.17) is 4.74 Å². The third kappa shape index (κ3) is 3.74. The predicted octanol–water partition coefficient (Wildman–Crippen LogP) is 3.24. The number of esters is 1.